The first-order valence-electron chi connectivity index (χ1n) is 7.92. The Morgan fingerprint density at radius 3 is 2.80 bits per heavy atom. The molecule has 7 heteroatoms. The molecule has 0 saturated carbocycles. The van der Waals surface area contributed by atoms with Gasteiger partial charge in [-0.2, -0.15) is 5.10 Å². The third-order valence-electron chi connectivity index (χ3n) is 3.55. The van der Waals surface area contributed by atoms with Crippen LogP contribution in [0.25, 0.3) is 0 Å². The van der Waals surface area contributed by atoms with E-state index in [4.69, 9.17) is 21.1 Å². The van der Waals surface area contributed by atoms with E-state index in [0.29, 0.717) is 30.2 Å². The molecule has 2 aromatic carbocycles. The Labute approximate surface area is 150 Å². The number of hydrazone groups is 1. The summed E-state index contributed by atoms with van der Waals surface area (Å²) in [6.45, 7) is 0.928. The highest BCUT2D eigenvalue weighted by Crippen LogP contribution is 2.31. The normalized spacial score (nSPS) is 12.4. The van der Waals surface area contributed by atoms with Crippen molar-refractivity contribution in [3.63, 3.8) is 0 Å². The van der Waals surface area contributed by atoms with E-state index in [0.717, 1.165) is 17.0 Å². The first-order chi connectivity index (χ1) is 12.2. The molecule has 2 aromatic rings. The fourth-order valence-electron chi connectivity index (χ4n) is 2.28. The van der Waals surface area contributed by atoms with Crippen molar-refractivity contribution in [2.45, 2.75) is 12.8 Å². The molecule has 0 saturated heterocycles. The average Bonchev–Trinajstić information content (AvgIpc) is 3.08. The van der Waals surface area contributed by atoms with E-state index in [-0.39, 0.29) is 12.7 Å². The lowest BCUT2D eigenvalue weighted by atomic mass is 10.2. The molecule has 0 fully saturated rings. The number of halogens is 1. The molecular formula is C18H18ClN3O3. The highest BCUT2D eigenvalue weighted by Gasteiger charge is 2.12. The third-order valence-corrected chi connectivity index (χ3v) is 3.81. The first-order valence-corrected chi connectivity index (χ1v) is 8.29. The number of anilines is 1. The van der Waals surface area contributed by atoms with Crippen LogP contribution in [0.2, 0.25) is 5.02 Å². The number of fused-ring (bicyclic) bond motifs is 1. The fourth-order valence-corrected chi connectivity index (χ4v) is 2.40. The van der Waals surface area contributed by atoms with Crippen molar-refractivity contribution < 1.29 is 14.3 Å². The van der Waals surface area contributed by atoms with Gasteiger partial charge in [-0.15, -0.1) is 0 Å². The zero-order chi connectivity index (χ0) is 17.5. The van der Waals surface area contributed by atoms with Gasteiger partial charge in [0.2, 0.25) is 12.7 Å². The van der Waals surface area contributed by atoms with Crippen LogP contribution in [-0.4, -0.2) is 25.5 Å². The van der Waals surface area contributed by atoms with Crippen molar-refractivity contribution in [1.82, 2.24) is 5.43 Å². The molecule has 1 amide bonds. The van der Waals surface area contributed by atoms with Gasteiger partial charge in [0.05, 0.1) is 6.21 Å². The van der Waals surface area contributed by atoms with Crippen LogP contribution < -0.4 is 20.2 Å². The molecule has 0 bridgehead atoms. The molecule has 2 N–H and O–H groups in total. The monoisotopic (exact) mass is 359 g/mol. The minimum Gasteiger partial charge on any atom is -0.454 e. The van der Waals surface area contributed by atoms with Crippen molar-refractivity contribution in [2.24, 2.45) is 5.10 Å². The van der Waals surface area contributed by atoms with Crippen LogP contribution in [0.4, 0.5) is 5.69 Å². The lowest BCUT2D eigenvalue weighted by Gasteiger charge is -2.05. The molecule has 0 aromatic heterocycles. The van der Waals surface area contributed by atoms with Gasteiger partial charge < -0.3 is 14.8 Å². The second-order valence-electron chi connectivity index (χ2n) is 5.44. The smallest absolute Gasteiger partial charge is 0.240 e. The second-order valence-corrected chi connectivity index (χ2v) is 5.88. The van der Waals surface area contributed by atoms with E-state index < -0.39 is 0 Å². The van der Waals surface area contributed by atoms with Crippen molar-refractivity contribution in [3.8, 4) is 11.5 Å². The maximum atomic E-state index is 11.8. The minimum absolute atomic E-state index is 0.130. The lowest BCUT2D eigenvalue weighted by Crippen LogP contribution is -2.18. The molecule has 1 heterocycles. The van der Waals surface area contributed by atoms with Crippen LogP contribution in [0, 0.1) is 0 Å². The topological polar surface area (TPSA) is 72.0 Å². The predicted molar refractivity (Wildman–Crippen MR) is 97.5 cm³/mol. The summed E-state index contributed by atoms with van der Waals surface area (Å²) in [6, 6.07) is 12.9. The Kier molecular flexibility index (Phi) is 5.74. The summed E-state index contributed by atoms with van der Waals surface area (Å²) in [6.07, 6.45) is 2.67. The Morgan fingerprint density at radius 1 is 1.16 bits per heavy atom. The second kappa shape index (κ2) is 8.39. The van der Waals surface area contributed by atoms with Gasteiger partial charge in [0.1, 0.15) is 0 Å². The summed E-state index contributed by atoms with van der Waals surface area (Å²) in [7, 11) is 0. The summed E-state index contributed by atoms with van der Waals surface area (Å²) in [5.41, 5.74) is 4.32. The minimum atomic E-state index is -0.130. The van der Waals surface area contributed by atoms with Crippen LogP contribution >= 0.6 is 11.6 Å². The summed E-state index contributed by atoms with van der Waals surface area (Å²) >= 11 is 5.83. The molecular weight excluding hydrogens is 342 g/mol. The molecule has 0 aliphatic carbocycles. The van der Waals surface area contributed by atoms with Gasteiger partial charge >= 0.3 is 0 Å². The number of ether oxygens (including phenoxy) is 2. The van der Waals surface area contributed by atoms with Crippen LogP contribution in [-0.2, 0) is 4.79 Å². The van der Waals surface area contributed by atoms with Crippen molar-refractivity contribution in [1.29, 1.82) is 0 Å². The number of benzene rings is 2. The number of hydrogen-bond donors (Lipinski definition) is 2. The van der Waals surface area contributed by atoms with Gasteiger partial charge in [-0.05, 0) is 54.4 Å². The summed E-state index contributed by atoms with van der Waals surface area (Å²) in [4.78, 5) is 11.8. The molecule has 0 radical (unpaired) electrons. The number of amides is 1. The number of carbonyl (C=O) groups is 1. The van der Waals surface area contributed by atoms with Gasteiger partial charge in [-0.1, -0.05) is 11.6 Å². The van der Waals surface area contributed by atoms with Crippen LogP contribution in [0.15, 0.2) is 47.6 Å². The van der Waals surface area contributed by atoms with Crippen LogP contribution in [0.5, 0.6) is 11.5 Å². The molecule has 3 rings (SSSR count). The Bertz CT molecular complexity index is 763. The SMILES string of the molecule is O=C(CCCNc1ccc(Cl)cc1)N/N=C\c1ccc2c(c1)OCO2. The average molecular weight is 360 g/mol. The van der Waals surface area contributed by atoms with Crippen LogP contribution in [0.1, 0.15) is 18.4 Å². The first kappa shape index (κ1) is 17.1. The molecule has 0 atom stereocenters. The van der Waals surface area contributed by atoms with Crippen molar-refractivity contribution in [2.75, 3.05) is 18.7 Å². The van der Waals surface area contributed by atoms with E-state index in [9.17, 15) is 4.79 Å². The molecule has 25 heavy (non-hydrogen) atoms. The molecule has 0 spiro atoms. The summed E-state index contributed by atoms with van der Waals surface area (Å²) < 4.78 is 10.5. The maximum Gasteiger partial charge on any atom is 0.240 e. The Hall–Kier alpha value is -2.73. The largest absolute Gasteiger partial charge is 0.454 e. The van der Waals surface area contributed by atoms with Crippen molar-refractivity contribution in [3.05, 3.63) is 53.1 Å². The predicted octanol–water partition coefficient (Wildman–Crippen LogP) is 3.41. The molecule has 6 nitrogen and oxygen atoms in total. The lowest BCUT2D eigenvalue weighted by molar-refractivity contribution is -0.121. The van der Waals surface area contributed by atoms with Crippen LogP contribution in [0.3, 0.4) is 0 Å². The third kappa shape index (κ3) is 5.12. The Balaban J connectivity index is 1.35. The quantitative estimate of drug-likeness (QED) is 0.451. The van der Waals surface area contributed by atoms with Crippen molar-refractivity contribution >= 4 is 29.4 Å². The molecule has 1 aliphatic heterocycles. The van der Waals surface area contributed by atoms with E-state index in [1.807, 2.05) is 42.5 Å². The fraction of sp³-hybridized carbons (Fsp3) is 0.222. The van der Waals surface area contributed by atoms with Gasteiger partial charge in [0.25, 0.3) is 0 Å². The zero-order valence-corrected chi connectivity index (χ0v) is 14.3. The highest BCUT2D eigenvalue weighted by molar-refractivity contribution is 6.30. The summed E-state index contributed by atoms with van der Waals surface area (Å²) in [5.74, 6) is 1.27. The summed E-state index contributed by atoms with van der Waals surface area (Å²) in [5, 5.41) is 7.89. The van der Waals surface area contributed by atoms with E-state index in [1.54, 1.807) is 6.21 Å². The van der Waals surface area contributed by atoms with Gasteiger partial charge in [0.15, 0.2) is 11.5 Å². The number of nitrogens with one attached hydrogen (secondary N) is 2. The number of carbonyl (C=O) groups excluding carboxylic acids is 1. The maximum absolute atomic E-state index is 11.8. The number of nitrogens with zero attached hydrogens (tertiary/aromatic N) is 1. The van der Waals surface area contributed by atoms with E-state index in [2.05, 4.69) is 15.8 Å². The Morgan fingerprint density at radius 2 is 1.96 bits per heavy atom. The van der Waals surface area contributed by atoms with Gasteiger partial charge in [-0.25, -0.2) is 5.43 Å². The zero-order valence-electron chi connectivity index (χ0n) is 13.5. The molecule has 130 valence electrons. The van der Waals surface area contributed by atoms with Gasteiger partial charge in [-0.3, -0.25) is 4.79 Å². The van der Waals surface area contributed by atoms with E-state index in [1.165, 1.54) is 0 Å². The number of hydrogen-bond acceptors (Lipinski definition) is 5. The van der Waals surface area contributed by atoms with E-state index >= 15 is 0 Å². The highest BCUT2D eigenvalue weighted by atomic mass is 35.5. The molecule has 1 aliphatic rings. The number of rotatable bonds is 7. The van der Waals surface area contributed by atoms with Gasteiger partial charge in [0, 0.05) is 23.7 Å². The standard InChI is InChI=1S/C18H18ClN3O3/c19-14-4-6-15(7-5-14)20-9-1-2-18(23)22-21-11-13-3-8-16-17(10-13)25-12-24-16/h3-8,10-11,20H,1-2,9,12H2,(H,22,23)/b21-11-. The molecule has 0 unspecified atom stereocenters.